The Morgan fingerprint density at radius 1 is 1.06 bits per heavy atom. The van der Waals surface area contributed by atoms with Gasteiger partial charge in [0.1, 0.15) is 18.8 Å². The van der Waals surface area contributed by atoms with Crippen molar-refractivity contribution >= 4 is 17.9 Å². The highest BCUT2D eigenvalue weighted by molar-refractivity contribution is 5.87. The Morgan fingerprint density at radius 2 is 1.74 bits per heavy atom. The van der Waals surface area contributed by atoms with E-state index >= 15 is 0 Å². The van der Waals surface area contributed by atoms with Crippen molar-refractivity contribution in [2.45, 2.75) is 76.9 Å². The molecule has 0 amide bonds. The van der Waals surface area contributed by atoms with E-state index in [0.717, 1.165) is 5.57 Å². The summed E-state index contributed by atoms with van der Waals surface area (Å²) < 4.78 is 16.4. The van der Waals surface area contributed by atoms with Crippen molar-refractivity contribution in [2.24, 2.45) is 11.8 Å². The highest BCUT2D eigenvalue weighted by atomic mass is 16.6. The van der Waals surface area contributed by atoms with E-state index in [4.69, 9.17) is 14.2 Å². The van der Waals surface area contributed by atoms with Gasteiger partial charge in [0.15, 0.2) is 5.60 Å². The van der Waals surface area contributed by atoms with Gasteiger partial charge in [0.05, 0.1) is 12.5 Å². The lowest BCUT2D eigenvalue weighted by atomic mass is 9.84. The molecule has 3 unspecified atom stereocenters. The molecule has 0 aromatic heterocycles. The summed E-state index contributed by atoms with van der Waals surface area (Å²) in [4.78, 5) is 40.6. The van der Waals surface area contributed by atoms with Crippen molar-refractivity contribution in [2.75, 3.05) is 19.7 Å². The van der Waals surface area contributed by atoms with E-state index in [-0.39, 0.29) is 12.6 Å². The summed E-state index contributed by atoms with van der Waals surface area (Å²) in [7, 11) is 0. The van der Waals surface area contributed by atoms with Gasteiger partial charge in [0, 0.05) is 13.1 Å². The zero-order valence-electron chi connectivity index (χ0n) is 18.8. The number of carbonyl (C=O) groups is 3. The van der Waals surface area contributed by atoms with Crippen LogP contribution in [-0.4, -0.2) is 82.2 Å². The fourth-order valence-corrected chi connectivity index (χ4v) is 4.56. The number of hydrogen-bond donors (Lipinski definition) is 2. The Balaban J connectivity index is 1.98. The van der Waals surface area contributed by atoms with Crippen LogP contribution in [0.4, 0.5) is 0 Å². The maximum atomic E-state index is 13.0. The summed E-state index contributed by atoms with van der Waals surface area (Å²) >= 11 is 0. The number of ether oxygens (including phenoxy) is 3. The zero-order chi connectivity index (χ0) is 23.1. The predicted molar refractivity (Wildman–Crippen MR) is 109 cm³/mol. The molecule has 3 aliphatic rings. The first-order valence-corrected chi connectivity index (χ1v) is 10.9. The second kappa shape index (κ2) is 8.52. The van der Waals surface area contributed by atoms with Crippen LogP contribution >= 0.6 is 0 Å². The van der Waals surface area contributed by atoms with Crippen LogP contribution in [0, 0.1) is 11.8 Å². The maximum absolute atomic E-state index is 13.0. The first-order chi connectivity index (χ1) is 14.4. The van der Waals surface area contributed by atoms with E-state index in [9.17, 15) is 24.6 Å². The molecule has 5 atom stereocenters. The molecule has 2 N–H and O–H groups in total. The Bertz CT molecular complexity index is 777. The fourth-order valence-electron chi connectivity index (χ4n) is 4.56. The van der Waals surface area contributed by atoms with Gasteiger partial charge in [0.2, 0.25) is 5.60 Å². The number of rotatable bonds is 2. The summed E-state index contributed by atoms with van der Waals surface area (Å²) in [5.41, 5.74) is -3.39. The third-order valence-corrected chi connectivity index (χ3v) is 6.90. The first kappa shape index (κ1) is 23.7. The molecule has 174 valence electrons. The van der Waals surface area contributed by atoms with E-state index in [2.05, 4.69) is 4.90 Å². The molecule has 0 aromatic carbocycles. The molecular weight excluding hydrogens is 406 g/mol. The SMILES string of the molecule is CC(C)C1(O)CC(=O)OC(C)C(O)(C(C)C)C(=O)OCC2=CCN3CC[C@@H](OC1=O)[C@@H]23. The van der Waals surface area contributed by atoms with Crippen molar-refractivity contribution in [1.29, 1.82) is 0 Å². The number of aliphatic hydroxyl groups is 2. The smallest absolute Gasteiger partial charge is 0.342 e. The minimum atomic E-state index is -2.09. The van der Waals surface area contributed by atoms with Gasteiger partial charge in [-0.15, -0.1) is 0 Å². The summed E-state index contributed by atoms with van der Waals surface area (Å²) in [6.45, 7) is 9.12. The first-order valence-electron chi connectivity index (χ1n) is 10.9. The summed E-state index contributed by atoms with van der Waals surface area (Å²) in [5.74, 6) is -3.92. The molecule has 2 fully saturated rings. The molecule has 0 aliphatic carbocycles. The van der Waals surface area contributed by atoms with Crippen molar-refractivity contribution in [3.05, 3.63) is 11.6 Å². The van der Waals surface area contributed by atoms with Gasteiger partial charge in [-0.3, -0.25) is 9.69 Å². The molecule has 0 radical (unpaired) electrons. The van der Waals surface area contributed by atoms with Gasteiger partial charge in [-0.2, -0.15) is 0 Å². The Morgan fingerprint density at radius 3 is 2.35 bits per heavy atom. The third-order valence-electron chi connectivity index (χ3n) is 6.90. The normalized spacial score (nSPS) is 37.8. The molecule has 9 heteroatoms. The average molecular weight is 440 g/mol. The van der Waals surface area contributed by atoms with Crippen molar-refractivity contribution in [3.8, 4) is 0 Å². The quantitative estimate of drug-likeness (QED) is 0.361. The monoisotopic (exact) mass is 439 g/mol. The van der Waals surface area contributed by atoms with Crippen LogP contribution in [0.3, 0.4) is 0 Å². The van der Waals surface area contributed by atoms with Crippen molar-refractivity contribution in [3.63, 3.8) is 0 Å². The van der Waals surface area contributed by atoms with E-state index in [0.29, 0.717) is 19.5 Å². The van der Waals surface area contributed by atoms with Crippen molar-refractivity contribution in [1.82, 2.24) is 4.90 Å². The molecule has 3 rings (SSSR count). The highest BCUT2D eigenvalue weighted by Crippen LogP contribution is 2.35. The Labute approximate surface area is 182 Å². The molecule has 3 heterocycles. The number of nitrogens with zero attached hydrogens (tertiary/aromatic N) is 1. The van der Waals surface area contributed by atoms with Gasteiger partial charge in [-0.1, -0.05) is 33.8 Å². The largest absolute Gasteiger partial charge is 0.459 e. The van der Waals surface area contributed by atoms with Crippen molar-refractivity contribution < 1.29 is 38.8 Å². The summed E-state index contributed by atoms with van der Waals surface area (Å²) in [5, 5.41) is 22.2. The van der Waals surface area contributed by atoms with Gasteiger partial charge in [0.25, 0.3) is 0 Å². The van der Waals surface area contributed by atoms with Crippen LogP contribution in [0.5, 0.6) is 0 Å². The third kappa shape index (κ3) is 4.10. The number of carbonyl (C=O) groups excluding carboxylic acids is 3. The molecule has 31 heavy (non-hydrogen) atoms. The topological polar surface area (TPSA) is 123 Å². The lowest BCUT2D eigenvalue weighted by Gasteiger charge is -2.37. The van der Waals surface area contributed by atoms with Crippen LogP contribution in [0.1, 0.15) is 47.5 Å². The molecule has 2 saturated heterocycles. The highest BCUT2D eigenvalue weighted by Gasteiger charge is 2.52. The van der Waals surface area contributed by atoms with Crippen LogP contribution in [0.25, 0.3) is 0 Å². The zero-order valence-corrected chi connectivity index (χ0v) is 18.8. The van der Waals surface area contributed by atoms with Crippen LogP contribution < -0.4 is 0 Å². The molecule has 0 spiro atoms. The second-order valence-electron chi connectivity index (χ2n) is 9.40. The van der Waals surface area contributed by atoms with Crippen LogP contribution in [0.15, 0.2) is 11.6 Å². The van der Waals surface area contributed by atoms with E-state index in [1.54, 1.807) is 27.7 Å². The Kier molecular flexibility index (Phi) is 6.51. The molecular formula is C22H33NO8. The average Bonchev–Trinajstić information content (AvgIpc) is 3.27. The minimum absolute atomic E-state index is 0.0712. The lowest BCUT2D eigenvalue weighted by Crippen LogP contribution is -2.56. The molecule has 0 saturated carbocycles. The van der Waals surface area contributed by atoms with Gasteiger partial charge in [-0.05, 0) is 30.8 Å². The van der Waals surface area contributed by atoms with E-state index < -0.39 is 59.6 Å². The van der Waals surface area contributed by atoms with Crippen LogP contribution in [0.2, 0.25) is 0 Å². The molecule has 9 nitrogen and oxygen atoms in total. The molecule has 0 bridgehead atoms. The minimum Gasteiger partial charge on any atom is -0.459 e. The fraction of sp³-hybridized carbons (Fsp3) is 0.773. The number of esters is 3. The predicted octanol–water partition coefficient (Wildman–Crippen LogP) is 0.565. The van der Waals surface area contributed by atoms with E-state index in [1.807, 2.05) is 6.08 Å². The summed E-state index contributed by atoms with van der Waals surface area (Å²) in [6, 6.07) is -0.271. The maximum Gasteiger partial charge on any atom is 0.342 e. The lowest BCUT2D eigenvalue weighted by molar-refractivity contribution is -0.199. The van der Waals surface area contributed by atoms with Gasteiger partial charge < -0.3 is 24.4 Å². The Hall–Kier alpha value is -1.97. The molecule has 3 aliphatic heterocycles. The van der Waals surface area contributed by atoms with Gasteiger partial charge >= 0.3 is 17.9 Å². The second-order valence-corrected chi connectivity index (χ2v) is 9.40. The number of hydrogen-bond acceptors (Lipinski definition) is 9. The van der Waals surface area contributed by atoms with Gasteiger partial charge in [-0.25, -0.2) is 9.59 Å². The summed E-state index contributed by atoms with van der Waals surface area (Å²) in [6.07, 6.45) is 0.0491. The molecule has 0 aromatic rings. The van der Waals surface area contributed by atoms with E-state index in [1.165, 1.54) is 6.92 Å². The van der Waals surface area contributed by atoms with Crippen LogP contribution in [-0.2, 0) is 28.6 Å². The number of cyclic esters (lactones) is 2. The standard InChI is InChI=1S/C22H33NO8/c1-12(2)21(27)10-17(24)30-14(5)22(28,13(3)4)20(26)29-11-15-6-8-23-9-7-16(18(15)23)31-19(21)25/h6,12-14,16,18,27-28H,7-11H2,1-5H3/t14?,16-,18-,21?,22?/m1/s1.